The second-order valence-electron chi connectivity index (χ2n) is 10.7. The van der Waals surface area contributed by atoms with Crippen LogP contribution in [0.15, 0.2) is 97.3 Å². The lowest BCUT2D eigenvalue weighted by molar-refractivity contribution is -0.0448. The van der Waals surface area contributed by atoms with Crippen LogP contribution in [0.4, 0.5) is 11.6 Å². The smallest absolute Gasteiger partial charge is 0.338 e. The number of hydrogen-bond acceptors (Lipinski definition) is 12. The van der Waals surface area contributed by atoms with Crippen molar-refractivity contribution in [2.45, 2.75) is 28.5 Å². The van der Waals surface area contributed by atoms with Crippen LogP contribution < -0.4 is 15.8 Å². The average molecular weight is 736 g/mol. The fourth-order valence-electron chi connectivity index (χ4n) is 5.45. The molecule has 13 heteroatoms. The number of alkyl halides is 1. The normalized spacial score (nSPS) is 21.7. The number of carbonyl (C=O) groups excluding carboxylic acids is 3. The first kappa shape index (κ1) is 31.4. The topological polar surface area (TPSA) is 146 Å². The summed E-state index contributed by atoms with van der Waals surface area (Å²) < 4.78 is 24.2. The molecule has 3 unspecified atom stereocenters. The molecule has 5 atom stereocenters. The first-order valence-corrected chi connectivity index (χ1v) is 15.7. The standard InChI is InChI=1S/C33H30IN5O7/c1-38(35)28-25-23(34)17-39(29(25)37-19-36-28)30-27(46-33(42)22-15-9-4-10-16-22)26(45-32(41)21-13-7-3-8-14-21)24(44-30)18-43-31(40)20-11-5-2-6-12-20/h2-16,19,23-24,26-27,30H,17-18,35H2,1H3/t23?,24-,26?,27?,30-/m1/s1. The Balaban J connectivity index is 1.37. The van der Waals surface area contributed by atoms with Gasteiger partial charge in [-0.3, -0.25) is 5.01 Å². The predicted molar refractivity (Wildman–Crippen MR) is 175 cm³/mol. The third kappa shape index (κ3) is 6.52. The van der Waals surface area contributed by atoms with Crippen LogP contribution in [0.25, 0.3) is 0 Å². The first-order chi connectivity index (χ1) is 22.3. The van der Waals surface area contributed by atoms with Crippen LogP contribution in [0.1, 0.15) is 40.6 Å². The lowest BCUT2D eigenvalue weighted by atomic mass is 10.1. The van der Waals surface area contributed by atoms with Gasteiger partial charge in [-0.05, 0) is 36.4 Å². The quantitative estimate of drug-likeness (QED) is 0.0659. The molecule has 1 aromatic heterocycles. The number of nitrogens with two attached hydrogens (primary N) is 1. The summed E-state index contributed by atoms with van der Waals surface area (Å²) in [6, 6.07) is 25.4. The van der Waals surface area contributed by atoms with Crippen molar-refractivity contribution < 1.29 is 33.3 Å². The number of nitrogens with zero attached hydrogens (tertiary/aromatic N) is 4. The van der Waals surface area contributed by atoms with E-state index in [0.717, 1.165) is 5.56 Å². The largest absolute Gasteiger partial charge is 0.459 e. The highest BCUT2D eigenvalue weighted by Crippen LogP contribution is 2.46. The third-order valence-corrected chi connectivity index (χ3v) is 8.62. The highest BCUT2D eigenvalue weighted by molar-refractivity contribution is 14.1. The van der Waals surface area contributed by atoms with Crippen molar-refractivity contribution >= 4 is 52.1 Å². The van der Waals surface area contributed by atoms with Gasteiger partial charge in [-0.1, -0.05) is 77.2 Å². The molecule has 236 valence electrons. The minimum absolute atomic E-state index is 0.107. The molecule has 4 aromatic rings. The summed E-state index contributed by atoms with van der Waals surface area (Å²) in [5.41, 5.74) is 1.72. The van der Waals surface area contributed by atoms with Crippen LogP contribution >= 0.6 is 22.6 Å². The van der Waals surface area contributed by atoms with Gasteiger partial charge >= 0.3 is 17.9 Å². The number of fused-ring (bicyclic) bond motifs is 1. The Hall–Kier alpha value is -4.60. The van der Waals surface area contributed by atoms with Gasteiger partial charge in [0.2, 0.25) is 0 Å². The zero-order valence-electron chi connectivity index (χ0n) is 24.6. The van der Waals surface area contributed by atoms with Gasteiger partial charge in [0.15, 0.2) is 24.3 Å². The van der Waals surface area contributed by atoms with E-state index in [2.05, 4.69) is 32.6 Å². The lowest BCUT2D eigenvalue weighted by Crippen LogP contribution is -2.47. The molecule has 1 fully saturated rings. The molecule has 12 nitrogen and oxygen atoms in total. The molecule has 2 N–H and O–H groups in total. The van der Waals surface area contributed by atoms with E-state index in [0.29, 0.717) is 34.9 Å². The van der Waals surface area contributed by atoms with E-state index in [1.807, 2.05) is 4.90 Å². The molecule has 0 spiro atoms. The monoisotopic (exact) mass is 735 g/mol. The summed E-state index contributed by atoms with van der Waals surface area (Å²) in [4.78, 5) is 50.6. The van der Waals surface area contributed by atoms with E-state index in [9.17, 15) is 14.4 Å². The number of benzene rings is 3. The Labute approximate surface area is 278 Å². The Morgan fingerprint density at radius 3 is 1.91 bits per heavy atom. The summed E-state index contributed by atoms with van der Waals surface area (Å²) in [6.45, 7) is 0.112. The SMILES string of the molecule is CN(N)c1ncnc2c1C(I)CN2[C@@H]1O[C@H](COC(=O)c2ccccc2)C(OC(=O)c2ccccc2)C1OC(=O)c1ccccc1. The molecule has 2 aliphatic heterocycles. The Morgan fingerprint density at radius 1 is 0.848 bits per heavy atom. The van der Waals surface area contributed by atoms with Crippen molar-refractivity contribution in [3.8, 4) is 0 Å². The maximum atomic E-state index is 13.5. The maximum absolute atomic E-state index is 13.5. The number of hydrazine groups is 1. The average Bonchev–Trinajstić information content (AvgIpc) is 3.60. The molecule has 3 aromatic carbocycles. The lowest BCUT2D eigenvalue weighted by Gasteiger charge is -2.30. The number of esters is 3. The van der Waals surface area contributed by atoms with Gasteiger partial charge in [-0.15, -0.1) is 0 Å². The van der Waals surface area contributed by atoms with E-state index in [1.165, 1.54) is 11.3 Å². The first-order valence-electron chi connectivity index (χ1n) is 14.5. The number of anilines is 2. The van der Waals surface area contributed by atoms with Crippen LogP contribution in [0.3, 0.4) is 0 Å². The van der Waals surface area contributed by atoms with E-state index in [4.69, 9.17) is 24.8 Å². The third-order valence-electron chi connectivity index (χ3n) is 7.60. The van der Waals surface area contributed by atoms with Crippen LogP contribution in [0.2, 0.25) is 0 Å². The molecule has 0 radical (unpaired) electrons. The van der Waals surface area contributed by atoms with Crippen LogP contribution in [0.5, 0.6) is 0 Å². The van der Waals surface area contributed by atoms with Crippen LogP contribution in [0, 0.1) is 0 Å². The molecular weight excluding hydrogens is 705 g/mol. The molecular formula is C33H30IN5O7. The van der Waals surface area contributed by atoms with E-state index in [-0.39, 0.29) is 10.5 Å². The number of rotatable bonds is 9. The molecule has 0 bridgehead atoms. The fourth-order valence-corrected chi connectivity index (χ4v) is 6.43. The van der Waals surface area contributed by atoms with E-state index in [1.54, 1.807) is 98.0 Å². The van der Waals surface area contributed by atoms with Gasteiger partial charge < -0.3 is 23.8 Å². The summed E-state index contributed by atoms with van der Waals surface area (Å²) in [6.07, 6.45) is -2.90. The second kappa shape index (κ2) is 13.8. The Morgan fingerprint density at radius 2 is 1.37 bits per heavy atom. The van der Waals surface area contributed by atoms with E-state index < -0.39 is 42.4 Å². The zero-order chi connectivity index (χ0) is 32.2. The highest BCUT2D eigenvalue weighted by atomic mass is 127. The van der Waals surface area contributed by atoms with Crippen molar-refractivity contribution in [2.75, 3.05) is 30.1 Å². The van der Waals surface area contributed by atoms with Crippen LogP contribution in [-0.4, -0.2) is 72.6 Å². The minimum atomic E-state index is -1.16. The van der Waals surface area contributed by atoms with Gasteiger partial charge in [0.1, 0.15) is 24.9 Å². The van der Waals surface area contributed by atoms with Crippen LogP contribution in [-0.2, 0) is 18.9 Å². The van der Waals surface area contributed by atoms with Crippen molar-refractivity contribution in [3.05, 3.63) is 120 Å². The number of carbonyl (C=O) groups is 3. The molecule has 6 rings (SSSR count). The van der Waals surface area contributed by atoms with Gasteiger partial charge in [0.05, 0.1) is 26.2 Å². The molecule has 46 heavy (non-hydrogen) atoms. The maximum Gasteiger partial charge on any atom is 0.338 e. The molecule has 3 heterocycles. The molecule has 0 amide bonds. The number of halogens is 1. The molecule has 2 aliphatic rings. The van der Waals surface area contributed by atoms with Crippen molar-refractivity contribution in [2.24, 2.45) is 5.84 Å². The van der Waals surface area contributed by atoms with Gasteiger partial charge in [0.25, 0.3) is 0 Å². The number of hydrogen-bond donors (Lipinski definition) is 1. The molecule has 0 aliphatic carbocycles. The molecule has 1 saturated heterocycles. The van der Waals surface area contributed by atoms with Crippen molar-refractivity contribution in [3.63, 3.8) is 0 Å². The second-order valence-corrected chi connectivity index (χ2v) is 12.2. The van der Waals surface area contributed by atoms with Gasteiger partial charge in [-0.25, -0.2) is 30.2 Å². The molecule has 0 saturated carbocycles. The number of ether oxygens (including phenoxy) is 4. The van der Waals surface area contributed by atoms with E-state index >= 15 is 0 Å². The Kier molecular flexibility index (Phi) is 9.42. The highest BCUT2D eigenvalue weighted by Gasteiger charge is 2.54. The summed E-state index contributed by atoms with van der Waals surface area (Å²) >= 11 is 2.27. The summed E-state index contributed by atoms with van der Waals surface area (Å²) in [5, 5.41) is 1.41. The summed E-state index contributed by atoms with van der Waals surface area (Å²) in [5.74, 6) is 5.27. The predicted octanol–water partition coefficient (Wildman–Crippen LogP) is 4.12. The summed E-state index contributed by atoms with van der Waals surface area (Å²) in [7, 11) is 1.68. The fraction of sp³-hybridized carbons (Fsp3) is 0.242. The van der Waals surface area contributed by atoms with Crippen molar-refractivity contribution in [1.29, 1.82) is 0 Å². The number of aromatic nitrogens is 2. The van der Waals surface area contributed by atoms with Gasteiger partial charge in [-0.2, -0.15) is 0 Å². The van der Waals surface area contributed by atoms with Crippen molar-refractivity contribution in [1.82, 2.24) is 9.97 Å². The zero-order valence-corrected chi connectivity index (χ0v) is 26.8. The Bertz CT molecular complexity index is 1700. The van der Waals surface area contributed by atoms with Gasteiger partial charge in [0, 0.05) is 13.6 Å². The minimum Gasteiger partial charge on any atom is -0.459 e.